The molecule has 29 heavy (non-hydrogen) atoms. The average Bonchev–Trinajstić information content (AvgIpc) is 3.21. The highest BCUT2D eigenvalue weighted by atomic mass is 16.5. The molecule has 0 saturated carbocycles. The molecule has 0 fully saturated rings. The number of aryl methyl sites for hydroxylation is 2. The van der Waals surface area contributed by atoms with Gasteiger partial charge in [-0.05, 0) is 54.1 Å². The van der Waals surface area contributed by atoms with Crippen LogP contribution in [0, 0.1) is 6.92 Å². The van der Waals surface area contributed by atoms with Gasteiger partial charge in [0.05, 0.1) is 13.5 Å². The second kappa shape index (κ2) is 8.14. The van der Waals surface area contributed by atoms with Crippen LogP contribution in [0.1, 0.15) is 17.9 Å². The summed E-state index contributed by atoms with van der Waals surface area (Å²) in [5.41, 5.74) is 2.01. The van der Waals surface area contributed by atoms with Gasteiger partial charge >= 0.3 is 5.97 Å². The molecule has 0 saturated heterocycles. The molecule has 6 heteroatoms. The third-order valence-corrected chi connectivity index (χ3v) is 4.56. The zero-order chi connectivity index (χ0) is 20.2. The van der Waals surface area contributed by atoms with Crippen LogP contribution >= 0.6 is 0 Å². The molecule has 6 nitrogen and oxygen atoms in total. The highest BCUT2D eigenvalue weighted by Gasteiger charge is 2.12. The van der Waals surface area contributed by atoms with Crippen LogP contribution in [0.2, 0.25) is 0 Å². The number of benzene rings is 3. The summed E-state index contributed by atoms with van der Waals surface area (Å²) in [6.45, 7) is 2.01. The number of rotatable bonds is 6. The molecule has 1 heterocycles. The van der Waals surface area contributed by atoms with Gasteiger partial charge in [-0.15, -0.1) is 10.2 Å². The molecule has 0 aliphatic heterocycles. The summed E-state index contributed by atoms with van der Waals surface area (Å²) in [4.78, 5) is 12.2. The summed E-state index contributed by atoms with van der Waals surface area (Å²) >= 11 is 0. The van der Waals surface area contributed by atoms with E-state index in [0.717, 1.165) is 27.6 Å². The normalized spacial score (nSPS) is 10.8. The SMILES string of the molecule is COc1ccc2ccc(OC(=O)CCc3nnc(-c4ccc(C)cc4)o3)cc2c1. The Morgan fingerprint density at radius 3 is 2.41 bits per heavy atom. The summed E-state index contributed by atoms with van der Waals surface area (Å²) in [6, 6.07) is 19.1. The number of hydrogen-bond acceptors (Lipinski definition) is 6. The van der Waals surface area contributed by atoms with Gasteiger partial charge in [0.1, 0.15) is 11.5 Å². The van der Waals surface area contributed by atoms with E-state index in [1.807, 2.05) is 61.5 Å². The Bertz CT molecular complexity index is 1150. The molecule has 4 aromatic rings. The lowest BCUT2D eigenvalue weighted by molar-refractivity contribution is -0.134. The lowest BCUT2D eigenvalue weighted by Crippen LogP contribution is -2.09. The molecule has 0 unspecified atom stereocenters. The van der Waals surface area contributed by atoms with Crippen molar-refractivity contribution in [2.75, 3.05) is 7.11 Å². The van der Waals surface area contributed by atoms with Gasteiger partial charge in [-0.2, -0.15) is 0 Å². The van der Waals surface area contributed by atoms with Gasteiger partial charge < -0.3 is 13.9 Å². The van der Waals surface area contributed by atoms with Gasteiger partial charge in [-0.1, -0.05) is 29.8 Å². The van der Waals surface area contributed by atoms with Crippen molar-refractivity contribution in [3.63, 3.8) is 0 Å². The van der Waals surface area contributed by atoms with E-state index >= 15 is 0 Å². The number of nitrogens with zero attached hydrogens (tertiary/aromatic N) is 2. The molecule has 0 aliphatic rings. The van der Waals surface area contributed by atoms with E-state index in [2.05, 4.69) is 10.2 Å². The first-order valence-corrected chi connectivity index (χ1v) is 9.28. The summed E-state index contributed by atoms with van der Waals surface area (Å²) in [5.74, 6) is 1.73. The minimum Gasteiger partial charge on any atom is -0.497 e. The van der Waals surface area contributed by atoms with Gasteiger partial charge in [-0.25, -0.2) is 0 Å². The van der Waals surface area contributed by atoms with Crippen molar-refractivity contribution < 1.29 is 18.7 Å². The third-order valence-electron chi connectivity index (χ3n) is 4.56. The lowest BCUT2D eigenvalue weighted by atomic mass is 10.1. The molecule has 0 amide bonds. The molecule has 146 valence electrons. The number of methoxy groups -OCH3 is 1. The number of ether oxygens (including phenoxy) is 2. The Labute approximate surface area is 168 Å². The second-order valence-corrected chi connectivity index (χ2v) is 6.72. The number of carbonyl (C=O) groups excluding carboxylic acids is 1. The van der Waals surface area contributed by atoms with E-state index < -0.39 is 0 Å². The lowest BCUT2D eigenvalue weighted by Gasteiger charge is -2.06. The maximum Gasteiger partial charge on any atom is 0.311 e. The van der Waals surface area contributed by atoms with Crippen molar-refractivity contribution in [2.24, 2.45) is 0 Å². The Balaban J connectivity index is 1.38. The van der Waals surface area contributed by atoms with E-state index in [1.54, 1.807) is 13.2 Å². The van der Waals surface area contributed by atoms with Gasteiger partial charge in [0.15, 0.2) is 0 Å². The predicted octanol–water partition coefficient (Wildman–Crippen LogP) is 4.75. The Morgan fingerprint density at radius 2 is 1.66 bits per heavy atom. The number of carbonyl (C=O) groups is 1. The molecule has 3 aromatic carbocycles. The number of hydrogen-bond donors (Lipinski definition) is 0. The molecule has 0 N–H and O–H groups in total. The van der Waals surface area contributed by atoms with E-state index in [-0.39, 0.29) is 12.4 Å². The zero-order valence-corrected chi connectivity index (χ0v) is 16.2. The van der Waals surface area contributed by atoms with Crippen molar-refractivity contribution in [3.05, 3.63) is 72.1 Å². The summed E-state index contributed by atoms with van der Waals surface area (Å²) < 4.78 is 16.3. The van der Waals surface area contributed by atoms with Crippen LogP contribution in [-0.4, -0.2) is 23.3 Å². The van der Waals surface area contributed by atoms with Crippen molar-refractivity contribution in [3.8, 4) is 23.0 Å². The molecule has 0 spiro atoms. The summed E-state index contributed by atoms with van der Waals surface area (Å²) in [6.07, 6.45) is 0.463. The monoisotopic (exact) mass is 388 g/mol. The second-order valence-electron chi connectivity index (χ2n) is 6.72. The Kier molecular flexibility index (Phi) is 5.24. The Morgan fingerprint density at radius 1 is 0.931 bits per heavy atom. The van der Waals surface area contributed by atoms with Crippen LogP contribution in [0.15, 0.2) is 65.1 Å². The molecule has 0 radical (unpaired) electrons. The first kappa shape index (κ1) is 18.7. The standard InChI is InChI=1S/C23H20N2O4/c1-15-3-5-17(6-4-15)23-25-24-21(29-23)11-12-22(26)28-20-10-8-16-7-9-19(27-2)13-18(16)14-20/h3-10,13-14H,11-12H2,1-2H3. The maximum absolute atomic E-state index is 12.2. The quantitative estimate of drug-likeness (QED) is 0.351. The molecular weight excluding hydrogens is 368 g/mol. The Hall–Kier alpha value is -3.67. The van der Waals surface area contributed by atoms with E-state index in [0.29, 0.717) is 24.0 Å². The maximum atomic E-state index is 12.2. The van der Waals surface area contributed by atoms with Crippen LogP contribution < -0.4 is 9.47 Å². The summed E-state index contributed by atoms with van der Waals surface area (Å²) in [7, 11) is 1.62. The smallest absolute Gasteiger partial charge is 0.311 e. The number of esters is 1. The fourth-order valence-corrected chi connectivity index (χ4v) is 2.95. The first-order chi connectivity index (χ1) is 14.1. The fourth-order valence-electron chi connectivity index (χ4n) is 2.95. The topological polar surface area (TPSA) is 74.5 Å². The van der Waals surface area contributed by atoms with Gasteiger partial charge in [-0.3, -0.25) is 4.79 Å². The van der Waals surface area contributed by atoms with E-state index in [4.69, 9.17) is 13.9 Å². The highest BCUT2D eigenvalue weighted by molar-refractivity contribution is 5.86. The summed E-state index contributed by atoms with van der Waals surface area (Å²) in [5, 5.41) is 10.0. The molecule has 0 bridgehead atoms. The zero-order valence-electron chi connectivity index (χ0n) is 16.2. The van der Waals surface area contributed by atoms with Crippen LogP contribution in [-0.2, 0) is 11.2 Å². The first-order valence-electron chi connectivity index (χ1n) is 9.28. The molecule has 4 rings (SSSR count). The van der Waals surface area contributed by atoms with Gasteiger partial charge in [0, 0.05) is 12.0 Å². The van der Waals surface area contributed by atoms with Crippen LogP contribution in [0.25, 0.3) is 22.2 Å². The average molecular weight is 388 g/mol. The van der Waals surface area contributed by atoms with Crippen LogP contribution in [0.5, 0.6) is 11.5 Å². The van der Waals surface area contributed by atoms with E-state index in [9.17, 15) is 4.79 Å². The largest absolute Gasteiger partial charge is 0.497 e. The highest BCUT2D eigenvalue weighted by Crippen LogP contribution is 2.25. The number of fused-ring (bicyclic) bond motifs is 1. The van der Waals surface area contributed by atoms with Crippen molar-refractivity contribution >= 4 is 16.7 Å². The van der Waals surface area contributed by atoms with Crippen LogP contribution in [0.3, 0.4) is 0 Å². The van der Waals surface area contributed by atoms with Crippen molar-refractivity contribution in [2.45, 2.75) is 19.8 Å². The molecule has 0 aliphatic carbocycles. The molecule has 1 aromatic heterocycles. The molecule has 0 atom stereocenters. The fraction of sp³-hybridized carbons (Fsp3) is 0.174. The third kappa shape index (κ3) is 4.43. The number of aromatic nitrogens is 2. The van der Waals surface area contributed by atoms with E-state index in [1.165, 1.54) is 0 Å². The minimum absolute atomic E-state index is 0.145. The predicted molar refractivity (Wildman–Crippen MR) is 109 cm³/mol. The van der Waals surface area contributed by atoms with Gasteiger partial charge in [0.25, 0.3) is 0 Å². The molecular formula is C23H20N2O4. The van der Waals surface area contributed by atoms with Crippen molar-refractivity contribution in [1.82, 2.24) is 10.2 Å². The minimum atomic E-state index is -0.359. The van der Waals surface area contributed by atoms with Crippen LogP contribution in [0.4, 0.5) is 0 Å². The van der Waals surface area contributed by atoms with Crippen molar-refractivity contribution in [1.29, 1.82) is 0 Å². The van der Waals surface area contributed by atoms with Gasteiger partial charge in [0.2, 0.25) is 11.8 Å².